The molecule has 0 amide bonds. The van der Waals surface area contributed by atoms with Crippen molar-refractivity contribution in [2.45, 2.75) is 38.2 Å². The average Bonchev–Trinajstić information content (AvgIpc) is 2.74. The van der Waals surface area contributed by atoms with E-state index >= 15 is 0 Å². The predicted octanol–water partition coefficient (Wildman–Crippen LogP) is 3.79. The Morgan fingerprint density at radius 2 is 1.80 bits per heavy atom. The summed E-state index contributed by atoms with van der Waals surface area (Å²) in [4.78, 5) is 0. The maximum Gasteiger partial charge on any atom is 0.119 e. The molecule has 1 fully saturated rings. The van der Waals surface area contributed by atoms with Crippen LogP contribution in [-0.2, 0) is 6.42 Å². The fourth-order valence-corrected chi connectivity index (χ4v) is 2.26. The first kappa shape index (κ1) is 10.8. The van der Waals surface area contributed by atoms with Gasteiger partial charge < -0.3 is 4.74 Å². The van der Waals surface area contributed by atoms with Crippen molar-refractivity contribution in [3.63, 3.8) is 0 Å². The molecule has 1 aromatic rings. The van der Waals surface area contributed by atoms with Gasteiger partial charge in [-0.05, 0) is 49.8 Å². The molecule has 1 aliphatic carbocycles. The van der Waals surface area contributed by atoms with E-state index in [1.54, 1.807) is 0 Å². The maximum atomic E-state index is 5.88. The highest BCUT2D eigenvalue weighted by atomic mass is 35.5. The molecule has 2 rings (SSSR count). The second-order valence-corrected chi connectivity index (χ2v) is 4.49. The molecular weight excluding hydrogens is 208 g/mol. The molecule has 1 aromatic carbocycles. The third-order valence-corrected chi connectivity index (χ3v) is 3.10. The van der Waals surface area contributed by atoms with Gasteiger partial charge in [-0.1, -0.05) is 12.1 Å². The Bertz CT molecular complexity index is 288. The van der Waals surface area contributed by atoms with Crippen molar-refractivity contribution in [1.82, 2.24) is 0 Å². The van der Waals surface area contributed by atoms with Crippen molar-refractivity contribution in [1.29, 1.82) is 0 Å². The van der Waals surface area contributed by atoms with Crippen LogP contribution in [-0.4, -0.2) is 12.0 Å². The van der Waals surface area contributed by atoms with E-state index < -0.39 is 0 Å². The van der Waals surface area contributed by atoms with Crippen molar-refractivity contribution >= 4 is 11.6 Å². The number of rotatable bonds is 4. The molecule has 2 heteroatoms. The van der Waals surface area contributed by atoms with Gasteiger partial charge in [0.2, 0.25) is 0 Å². The third kappa shape index (κ3) is 3.13. The van der Waals surface area contributed by atoms with Gasteiger partial charge in [-0.25, -0.2) is 0 Å². The highest BCUT2D eigenvalue weighted by Gasteiger charge is 2.16. The van der Waals surface area contributed by atoms with Gasteiger partial charge in [0.25, 0.3) is 0 Å². The lowest BCUT2D eigenvalue weighted by Crippen LogP contribution is -2.10. The standard InChI is InChI=1S/C13H17ClO/c14-10-9-11-5-7-13(8-6-11)15-12-3-1-2-4-12/h5-8,12H,1-4,9-10H2. The molecule has 0 heterocycles. The van der Waals surface area contributed by atoms with Crippen LogP contribution in [0.5, 0.6) is 5.75 Å². The molecule has 0 bridgehead atoms. The lowest BCUT2D eigenvalue weighted by atomic mass is 10.2. The molecule has 1 aliphatic rings. The number of alkyl halides is 1. The number of hydrogen-bond donors (Lipinski definition) is 0. The molecule has 0 radical (unpaired) electrons. The molecule has 1 saturated carbocycles. The average molecular weight is 225 g/mol. The second kappa shape index (κ2) is 5.41. The summed E-state index contributed by atoms with van der Waals surface area (Å²) in [6.45, 7) is 0. The van der Waals surface area contributed by atoms with Gasteiger partial charge in [0.05, 0.1) is 6.10 Å². The smallest absolute Gasteiger partial charge is 0.119 e. The van der Waals surface area contributed by atoms with Crippen molar-refractivity contribution in [3.8, 4) is 5.75 Å². The minimum Gasteiger partial charge on any atom is -0.490 e. The summed E-state index contributed by atoms with van der Waals surface area (Å²) in [6, 6.07) is 8.32. The van der Waals surface area contributed by atoms with Gasteiger partial charge in [0, 0.05) is 5.88 Å². The molecule has 0 saturated heterocycles. The van der Waals surface area contributed by atoms with Crippen molar-refractivity contribution in [3.05, 3.63) is 29.8 Å². The van der Waals surface area contributed by atoms with Gasteiger partial charge in [0.15, 0.2) is 0 Å². The van der Waals surface area contributed by atoms with Crippen LogP contribution in [0.4, 0.5) is 0 Å². The van der Waals surface area contributed by atoms with Crippen LogP contribution in [0.25, 0.3) is 0 Å². The summed E-state index contributed by atoms with van der Waals surface area (Å²) in [5, 5.41) is 0. The normalized spacial score (nSPS) is 16.9. The summed E-state index contributed by atoms with van der Waals surface area (Å²) >= 11 is 5.68. The van der Waals surface area contributed by atoms with Gasteiger partial charge in [0.1, 0.15) is 5.75 Å². The zero-order valence-corrected chi connectivity index (χ0v) is 9.67. The van der Waals surface area contributed by atoms with E-state index in [4.69, 9.17) is 16.3 Å². The van der Waals surface area contributed by atoms with E-state index in [1.807, 2.05) is 0 Å². The molecule has 0 aliphatic heterocycles. The molecule has 0 N–H and O–H groups in total. The van der Waals surface area contributed by atoms with Crippen molar-refractivity contribution in [2.75, 3.05) is 5.88 Å². The first-order valence-corrected chi connectivity index (χ1v) is 6.23. The van der Waals surface area contributed by atoms with Crippen LogP contribution < -0.4 is 4.74 Å². The van der Waals surface area contributed by atoms with E-state index in [9.17, 15) is 0 Å². The third-order valence-electron chi connectivity index (χ3n) is 2.91. The molecule has 0 aromatic heterocycles. The molecule has 0 unspecified atom stereocenters. The lowest BCUT2D eigenvalue weighted by molar-refractivity contribution is 0.210. The fourth-order valence-electron chi connectivity index (χ4n) is 2.04. The maximum absolute atomic E-state index is 5.88. The summed E-state index contributed by atoms with van der Waals surface area (Å²) in [6.07, 6.45) is 6.44. The number of halogens is 1. The van der Waals surface area contributed by atoms with Crippen molar-refractivity contribution < 1.29 is 4.74 Å². The Morgan fingerprint density at radius 3 is 2.40 bits per heavy atom. The summed E-state index contributed by atoms with van der Waals surface area (Å²) < 4.78 is 5.88. The van der Waals surface area contributed by atoms with Gasteiger partial charge in [-0.15, -0.1) is 11.6 Å². The van der Waals surface area contributed by atoms with E-state index in [2.05, 4.69) is 24.3 Å². The fraction of sp³-hybridized carbons (Fsp3) is 0.538. The Hall–Kier alpha value is -0.690. The highest BCUT2D eigenvalue weighted by molar-refractivity contribution is 6.17. The van der Waals surface area contributed by atoms with Crippen LogP contribution >= 0.6 is 11.6 Å². The molecule has 15 heavy (non-hydrogen) atoms. The van der Waals surface area contributed by atoms with E-state index in [1.165, 1.54) is 31.2 Å². The molecular formula is C13H17ClO. The quantitative estimate of drug-likeness (QED) is 0.708. The number of hydrogen-bond acceptors (Lipinski definition) is 1. The Kier molecular flexibility index (Phi) is 3.90. The van der Waals surface area contributed by atoms with Crippen LogP contribution in [0.3, 0.4) is 0 Å². The van der Waals surface area contributed by atoms with E-state index in [-0.39, 0.29) is 0 Å². The minimum absolute atomic E-state index is 0.448. The lowest BCUT2D eigenvalue weighted by Gasteiger charge is -2.13. The van der Waals surface area contributed by atoms with Crippen LogP contribution in [0.2, 0.25) is 0 Å². The number of benzene rings is 1. The van der Waals surface area contributed by atoms with Crippen molar-refractivity contribution in [2.24, 2.45) is 0 Å². The SMILES string of the molecule is ClCCc1ccc(OC2CCCC2)cc1. The van der Waals surface area contributed by atoms with Crippen LogP contribution in [0.15, 0.2) is 24.3 Å². The molecule has 82 valence electrons. The Balaban J connectivity index is 1.91. The summed E-state index contributed by atoms with van der Waals surface area (Å²) in [5.41, 5.74) is 1.28. The summed E-state index contributed by atoms with van der Waals surface area (Å²) in [5.74, 6) is 1.68. The monoisotopic (exact) mass is 224 g/mol. The van der Waals surface area contributed by atoms with Crippen LogP contribution in [0.1, 0.15) is 31.2 Å². The highest BCUT2D eigenvalue weighted by Crippen LogP contribution is 2.24. The minimum atomic E-state index is 0.448. The van der Waals surface area contributed by atoms with Gasteiger partial charge >= 0.3 is 0 Å². The van der Waals surface area contributed by atoms with Gasteiger partial charge in [-0.2, -0.15) is 0 Å². The first-order valence-electron chi connectivity index (χ1n) is 5.70. The summed E-state index contributed by atoms with van der Waals surface area (Å²) in [7, 11) is 0. The van der Waals surface area contributed by atoms with Crippen LogP contribution in [0, 0.1) is 0 Å². The zero-order chi connectivity index (χ0) is 10.5. The zero-order valence-electron chi connectivity index (χ0n) is 8.92. The van der Waals surface area contributed by atoms with E-state index in [0.29, 0.717) is 12.0 Å². The molecule has 0 atom stereocenters. The number of aryl methyl sites for hydroxylation is 1. The second-order valence-electron chi connectivity index (χ2n) is 4.11. The van der Waals surface area contributed by atoms with E-state index in [0.717, 1.165) is 12.2 Å². The van der Waals surface area contributed by atoms with Gasteiger partial charge in [-0.3, -0.25) is 0 Å². The Labute approximate surface area is 96.4 Å². The molecule has 1 nitrogen and oxygen atoms in total. The first-order chi connectivity index (χ1) is 7.38. The predicted molar refractivity (Wildman–Crippen MR) is 63.8 cm³/mol. The topological polar surface area (TPSA) is 9.23 Å². The number of ether oxygens (including phenoxy) is 1. The molecule has 0 spiro atoms. The largest absolute Gasteiger partial charge is 0.490 e. The Morgan fingerprint density at radius 1 is 1.13 bits per heavy atom.